The van der Waals surface area contributed by atoms with Crippen LogP contribution >= 0.6 is 0 Å². The average Bonchev–Trinajstić information content (AvgIpc) is 1.86. The number of carbonyl (C=O) groups is 1. The van der Waals surface area contributed by atoms with Gasteiger partial charge in [-0.2, -0.15) is 0 Å². The topological polar surface area (TPSA) is 55.1 Å². The van der Waals surface area contributed by atoms with E-state index in [4.69, 9.17) is 5.73 Å². The minimum Gasteiger partial charge on any atom is -0.370 e. The molecule has 0 spiro atoms. The van der Waals surface area contributed by atoms with E-state index < -0.39 is 0 Å². The molecule has 0 aliphatic rings. The van der Waals surface area contributed by atoms with Crippen LogP contribution in [0.5, 0.6) is 0 Å². The molecule has 60 valence electrons. The van der Waals surface area contributed by atoms with Crippen LogP contribution in [-0.4, -0.2) is 19.0 Å². The highest BCUT2D eigenvalue weighted by Gasteiger charge is 2.06. The fourth-order valence-electron chi connectivity index (χ4n) is 0.940. The molecule has 0 aromatic carbocycles. The van der Waals surface area contributed by atoms with Crippen LogP contribution in [0.25, 0.3) is 0 Å². The van der Waals surface area contributed by atoms with Crippen LogP contribution in [0, 0.1) is 0 Å². The lowest BCUT2D eigenvalue weighted by Gasteiger charge is -2.11. The van der Waals surface area contributed by atoms with Gasteiger partial charge in [-0.05, 0) is 13.5 Å². The Kier molecular flexibility index (Phi) is 4.94. The van der Waals surface area contributed by atoms with Gasteiger partial charge in [-0.3, -0.25) is 4.79 Å². The second-order valence-corrected chi connectivity index (χ2v) is 2.44. The number of rotatable bonds is 5. The van der Waals surface area contributed by atoms with Crippen molar-refractivity contribution in [2.24, 2.45) is 5.73 Å². The number of nitrogens with one attached hydrogen (secondary N) is 1. The summed E-state index contributed by atoms with van der Waals surface area (Å²) in [4.78, 5) is 10.4. The summed E-state index contributed by atoms with van der Waals surface area (Å²) in [5.41, 5.74) is 5.02. The van der Waals surface area contributed by atoms with Crippen molar-refractivity contribution in [2.45, 2.75) is 32.2 Å². The molecular formula is C7H16N2O. The molecule has 3 nitrogen and oxygen atoms in total. The van der Waals surface area contributed by atoms with Crippen LogP contribution < -0.4 is 11.1 Å². The van der Waals surface area contributed by atoms with E-state index in [0.717, 1.165) is 12.8 Å². The number of amides is 1. The standard InChI is InChI=1S/C7H16N2O/c1-3-4-6(9-2)5-7(8)10/h6,9H,3-5H2,1-2H3,(H2,8,10). The van der Waals surface area contributed by atoms with E-state index in [0.29, 0.717) is 6.42 Å². The van der Waals surface area contributed by atoms with Crippen molar-refractivity contribution in [1.82, 2.24) is 5.32 Å². The first-order chi connectivity index (χ1) is 4.70. The molecule has 0 aromatic rings. The molecule has 0 aromatic heterocycles. The molecule has 0 aliphatic carbocycles. The monoisotopic (exact) mass is 144 g/mol. The first kappa shape index (κ1) is 9.43. The predicted molar refractivity (Wildman–Crippen MR) is 41.6 cm³/mol. The number of hydrogen-bond acceptors (Lipinski definition) is 2. The molecule has 0 aliphatic heterocycles. The molecule has 10 heavy (non-hydrogen) atoms. The summed E-state index contributed by atoms with van der Waals surface area (Å²) >= 11 is 0. The highest BCUT2D eigenvalue weighted by atomic mass is 16.1. The number of carbonyl (C=O) groups excluding carboxylic acids is 1. The molecule has 1 atom stereocenters. The van der Waals surface area contributed by atoms with Crippen LogP contribution in [0.3, 0.4) is 0 Å². The largest absolute Gasteiger partial charge is 0.370 e. The van der Waals surface area contributed by atoms with Gasteiger partial charge in [0.1, 0.15) is 0 Å². The van der Waals surface area contributed by atoms with Crippen LogP contribution in [0.2, 0.25) is 0 Å². The van der Waals surface area contributed by atoms with E-state index in [1.54, 1.807) is 0 Å². The van der Waals surface area contributed by atoms with Crippen LogP contribution in [-0.2, 0) is 4.79 Å². The van der Waals surface area contributed by atoms with Gasteiger partial charge in [-0.25, -0.2) is 0 Å². The fraction of sp³-hybridized carbons (Fsp3) is 0.857. The van der Waals surface area contributed by atoms with Crippen molar-refractivity contribution in [1.29, 1.82) is 0 Å². The first-order valence-electron chi connectivity index (χ1n) is 3.66. The van der Waals surface area contributed by atoms with Crippen LogP contribution in [0.1, 0.15) is 26.2 Å². The van der Waals surface area contributed by atoms with Gasteiger partial charge in [0.15, 0.2) is 0 Å². The summed E-state index contributed by atoms with van der Waals surface area (Å²) in [5, 5.41) is 3.03. The van der Waals surface area contributed by atoms with Crippen molar-refractivity contribution in [3.8, 4) is 0 Å². The van der Waals surface area contributed by atoms with Gasteiger partial charge in [-0.15, -0.1) is 0 Å². The molecular weight excluding hydrogens is 128 g/mol. The molecule has 3 N–H and O–H groups in total. The molecule has 0 radical (unpaired) electrons. The molecule has 0 saturated carbocycles. The van der Waals surface area contributed by atoms with Gasteiger partial charge in [0.2, 0.25) is 5.91 Å². The Bertz CT molecular complexity index is 104. The van der Waals surface area contributed by atoms with Gasteiger partial charge >= 0.3 is 0 Å². The quantitative estimate of drug-likeness (QED) is 0.581. The summed E-state index contributed by atoms with van der Waals surface area (Å²) in [5.74, 6) is -0.229. The number of nitrogens with two attached hydrogens (primary N) is 1. The molecule has 0 rings (SSSR count). The Morgan fingerprint density at radius 3 is 2.60 bits per heavy atom. The van der Waals surface area contributed by atoms with E-state index in [1.165, 1.54) is 0 Å². The van der Waals surface area contributed by atoms with E-state index >= 15 is 0 Å². The van der Waals surface area contributed by atoms with Crippen LogP contribution in [0.4, 0.5) is 0 Å². The van der Waals surface area contributed by atoms with E-state index in [2.05, 4.69) is 12.2 Å². The van der Waals surface area contributed by atoms with Crippen LogP contribution in [0.15, 0.2) is 0 Å². The molecule has 3 heteroatoms. The summed E-state index contributed by atoms with van der Waals surface area (Å²) < 4.78 is 0. The molecule has 0 heterocycles. The van der Waals surface area contributed by atoms with Gasteiger partial charge in [-0.1, -0.05) is 13.3 Å². The first-order valence-corrected chi connectivity index (χ1v) is 3.66. The van der Waals surface area contributed by atoms with E-state index in [1.807, 2.05) is 7.05 Å². The predicted octanol–water partition coefficient (Wildman–Crippen LogP) is 0.250. The van der Waals surface area contributed by atoms with Gasteiger partial charge in [0.05, 0.1) is 0 Å². The third-order valence-corrected chi connectivity index (χ3v) is 1.49. The van der Waals surface area contributed by atoms with Gasteiger partial charge in [0, 0.05) is 12.5 Å². The highest BCUT2D eigenvalue weighted by Crippen LogP contribution is 1.99. The third kappa shape index (κ3) is 4.32. The lowest BCUT2D eigenvalue weighted by Crippen LogP contribution is -2.30. The molecule has 0 bridgehead atoms. The fourth-order valence-corrected chi connectivity index (χ4v) is 0.940. The second-order valence-electron chi connectivity index (χ2n) is 2.44. The molecule has 1 amide bonds. The minimum absolute atomic E-state index is 0.229. The molecule has 1 unspecified atom stereocenters. The number of hydrogen-bond donors (Lipinski definition) is 2. The SMILES string of the molecule is CCCC(CC(N)=O)NC. The summed E-state index contributed by atoms with van der Waals surface area (Å²) in [6.07, 6.45) is 2.54. The van der Waals surface area contributed by atoms with Crippen molar-refractivity contribution < 1.29 is 4.79 Å². The Hall–Kier alpha value is -0.570. The van der Waals surface area contributed by atoms with Crippen molar-refractivity contribution >= 4 is 5.91 Å². The highest BCUT2D eigenvalue weighted by molar-refractivity contribution is 5.74. The maximum Gasteiger partial charge on any atom is 0.218 e. The van der Waals surface area contributed by atoms with E-state index in [9.17, 15) is 4.79 Å². The third-order valence-electron chi connectivity index (χ3n) is 1.49. The average molecular weight is 144 g/mol. The van der Waals surface area contributed by atoms with Gasteiger partial charge < -0.3 is 11.1 Å². The second kappa shape index (κ2) is 5.23. The van der Waals surface area contributed by atoms with Crippen molar-refractivity contribution in [3.63, 3.8) is 0 Å². The van der Waals surface area contributed by atoms with Crippen molar-refractivity contribution in [3.05, 3.63) is 0 Å². The number of primary amides is 1. The Balaban J connectivity index is 3.49. The lowest BCUT2D eigenvalue weighted by molar-refractivity contribution is -0.118. The zero-order chi connectivity index (χ0) is 7.98. The van der Waals surface area contributed by atoms with E-state index in [-0.39, 0.29) is 11.9 Å². The zero-order valence-corrected chi connectivity index (χ0v) is 6.68. The Morgan fingerprint density at radius 1 is 1.70 bits per heavy atom. The molecule has 0 saturated heterocycles. The lowest BCUT2D eigenvalue weighted by atomic mass is 10.1. The maximum atomic E-state index is 10.4. The summed E-state index contributed by atoms with van der Waals surface area (Å²) in [6, 6.07) is 0.266. The normalized spacial score (nSPS) is 13.0. The summed E-state index contributed by atoms with van der Waals surface area (Å²) in [6.45, 7) is 2.09. The zero-order valence-electron chi connectivity index (χ0n) is 6.68. The molecule has 0 fully saturated rings. The van der Waals surface area contributed by atoms with Gasteiger partial charge in [0.25, 0.3) is 0 Å². The minimum atomic E-state index is -0.229. The Morgan fingerprint density at radius 2 is 2.30 bits per heavy atom. The maximum absolute atomic E-state index is 10.4. The Labute approximate surface area is 62.0 Å². The van der Waals surface area contributed by atoms with Crippen molar-refractivity contribution in [2.75, 3.05) is 7.05 Å². The smallest absolute Gasteiger partial charge is 0.218 e. The summed E-state index contributed by atoms with van der Waals surface area (Å²) in [7, 11) is 1.85.